The number of carboxylic acids is 1. The summed E-state index contributed by atoms with van der Waals surface area (Å²) >= 11 is 3.54. The van der Waals surface area contributed by atoms with Crippen molar-refractivity contribution in [2.75, 3.05) is 12.4 Å². The Balaban J connectivity index is 1.88. The lowest BCUT2D eigenvalue weighted by atomic mass is 10.1. The van der Waals surface area contributed by atoms with Crippen LogP contribution >= 0.6 is 15.9 Å². The Morgan fingerprint density at radius 2 is 1.90 bits per heavy atom. The van der Waals surface area contributed by atoms with Gasteiger partial charge >= 0.3 is 5.97 Å². The van der Waals surface area contributed by atoms with Crippen molar-refractivity contribution in [1.29, 1.82) is 0 Å². The summed E-state index contributed by atoms with van der Waals surface area (Å²) < 4.78 is 26.2. The first-order valence-corrected chi connectivity index (χ1v) is 10.00. The highest BCUT2D eigenvalue weighted by molar-refractivity contribution is 9.10. The molecule has 0 saturated heterocycles. The molecule has 30 heavy (non-hydrogen) atoms. The Morgan fingerprint density at radius 1 is 1.13 bits per heavy atom. The minimum absolute atomic E-state index is 0.0417. The summed E-state index contributed by atoms with van der Waals surface area (Å²) in [6.07, 6.45) is 0. The molecule has 0 aliphatic heterocycles. The summed E-state index contributed by atoms with van der Waals surface area (Å²) in [6.45, 7) is 2.14. The van der Waals surface area contributed by atoms with E-state index in [2.05, 4.69) is 21.2 Å². The van der Waals surface area contributed by atoms with Crippen LogP contribution in [0, 0.1) is 12.7 Å². The zero-order chi connectivity index (χ0) is 21.7. The van der Waals surface area contributed by atoms with Crippen molar-refractivity contribution in [3.8, 4) is 11.5 Å². The average molecular weight is 474 g/mol. The van der Waals surface area contributed by atoms with Crippen molar-refractivity contribution in [1.82, 2.24) is 0 Å². The van der Waals surface area contributed by atoms with Crippen LogP contribution in [-0.4, -0.2) is 18.2 Å². The number of nitrogens with one attached hydrogen (secondary N) is 1. The van der Waals surface area contributed by atoms with Crippen molar-refractivity contribution in [3.63, 3.8) is 0 Å². The Hall–Kier alpha value is -3.06. The SMILES string of the molecule is COc1ccc(Br)c(CNc2cccc(C(=O)O)c2C)c1OCc1ccccc1F. The molecule has 0 aliphatic carbocycles. The van der Waals surface area contributed by atoms with Crippen molar-refractivity contribution < 1.29 is 23.8 Å². The summed E-state index contributed by atoms with van der Waals surface area (Å²) in [5.41, 5.74) is 2.78. The van der Waals surface area contributed by atoms with Crippen molar-refractivity contribution in [3.05, 3.63) is 87.1 Å². The number of methoxy groups -OCH3 is 1. The fourth-order valence-electron chi connectivity index (χ4n) is 3.07. The molecule has 3 rings (SSSR count). The van der Waals surface area contributed by atoms with Gasteiger partial charge in [-0.2, -0.15) is 0 Å². The lowest BCUT2D eigenvalue weighted by Crippen LogP contribution is -2.09. The van der Waals surface area contributed by atoms with Gasteiger partial charge in [-0.1, -0.05) is 40.2 Å². The molecule has 0 saturated carbocycles. The second kappa shape index (κ2) is 9.63. The molecule has 0 amide bonds. The molecule has 0 spiro atoms. The molecule has 7 heteroatoms. The highest BCUT2D eigenvalue weighted by Gasteiger charge is 2.17. The highest BCUT2D eigenvalue weighted by Crippen LogP contribution is 2.37. The van der Waals surface area contributed by atoms with E-state index in [-0.39, 0.29) is 18.0 Å². The van der Waals surface area contributed by atoms with E-state index >= 15 is 0 Å². The van der Waals surface area contributed by atoms with Gasteiger partial charge in [0.1, 0.15) is 12.4 Å². The molecule has 0 aliphatic rings. The van der Waals surface area contributed by atoms with Crippen LogP contribution in [0.25, 0.3) is 0 Å². The van der Waals surface area contributed by atoms with E-state index < -0.39 is 5.97 Å². The minimum atomic E-state index is -0.979. The Morgan fingerprint density at radius 3 is 2.60 bits per heavy atom. The number of hydrogen-bond donors (Lipinski definition) is 2. The number of benzene rings is 3. The van der Waals surface area contributed by atoms with Crippen LogP contribution in [-0.2, 0) is 13.2 Å². The Labute approximate surface area is 182 Å². The fraction of sp³-hybridized carbons (Fsp3) is 0.174. The van der Waals surface area contributed by atoms with E-state index in [1.165, 1.54) is 13.2 Å². The van der Waals surface area contributed by atoms with Gasteiger partial charge in [0, 0.05) is 27.8 Å². The molecule has 3 aromatic rings. The number of ether oxygens (including phenoxy) is 2. The van der Waals surface area contributed by atoms with Gasteiger partial charge in [-0.25, -0.2) is 9.18 Å². The van der Waals surface area contributed by atoms with Gasteiger partial charge in [0.15, 0.2) is 11.5 Å². The monoisotopic (exact) mass is 473 g/mol. The topological polar surface area (TPSA) is 67.8 Å². The standard InChI is InChI=1S/C23H21BrFNO4/c1-14-16(23(27)28)7-5-9-20(14)26-12-17-18(24)10-11-21(29-2)22(17)30-13-15-6-3-4-8-19(15)25/h3-11,26H,12-13H2,1-2H3,(H,27,28). The molecule has 0 bridgehead atoms. The Kier molecular flexibility index (Phi) is 6.95. The Bertz CT molecular complexity index is 1070. The lowest BCUT2D eigenvalue weighted by molar-refractivity contribution is 0.0696. The molecule has 0 atom stereocenters. The summed E-state index contributed by atoms with van der Waals surface area (Å²) in [5, 5.41) is 12.6. The lowest BCUT2D eigenvalue weighted by Gasteiger charge is -2.18. The van der Waals surface area contributed by atoms with E-state index in [1.807, 2.05) is 12.1 Å². The minimum Gasteiger partial charge on any atom is -0.493 e. The number of rotatable bonds is 8. The predicted molar refractivity (Wildman–Crippen MR) is 117 cm³/mol. The summed E-state index contributed by atoms with van der Waals surface area (Å²) in [4.78, 5) is 11.4. The normalized spacial score (nSPS) is 10.5. The zero-order valence-electron chi connectivity index (χ0n) is 16.5. The van der Waals surface area contributed by atoms with Crippen LogP contribution in [0.4, 0.5) is 10.1 Å². The van der Waals surface area contributed by atoms with Crippen LogP contribution in [0.2, 0.25) is 0 Å². The molecule has 0 unspecified atom stereocenters. The summed E-state index contributed by atoms with van der Waals surface area (Å²) in [5.74, 6) is -0.322. The summed E-state index contributed by atoms with van der Waals surface area (Å²) in [7, 11) is 1.54. The fourth-order valence-corrected chi connectivity index (χ4v) is 3.53. The number of halogens is 2. The van der Waals surface area contributed by atoms with Crippen LogP contribution in [0.3, 0.4) is 0 Å². The van der Waals surface area contributed by atoms with E-state index in [9.17, 15) is 14.3 Å². The van der Waals surface area contributed by atoms with Crippen molar-refractivity contribution in [2.24, 2.45) is 0 Å². The molecule has 0 fully saturated rings. The maximum absolute atomic E-state index is 14.0. The average Bonchev–Trinajstić information content (AvgIpc) is 2.73. The van der Waals surface area contributed by atoms with Gasteiger partial charge in [-0.15, -0.1) is 0 Å². The number of hydrogen-bond acceptors (Lipinski definition) is 4. The number of carboxylic acid groups (broad SMARTS) is 1. The quantitative estimate of drug-likeness (QED) is 0.432. The molecule has 0 heterocycles. The van der Waals surface area contributed by atoms with Gasteiger partial charge < -0.3 is 19.9 Å². The van der Waals surface area contributed by atoms with Gasteiger partial charge in [-0.3, -0.25) is 0 Å². The van der Waals surface area contributed by atoms with Gasteiger partial charge in [0.25, 0.3) is 0 Å². The van der Waals surface area contributed by atoms with E-state index in [4.69, 9.17) is 9.47 Å². The van der Waals surface area contributed by atoms with Crippen molar-refractivity contribution >= 4 is 27.6 Å². The molecule has 156 valence electrons. The number of carbonyl (C=O) groups is 1. The van der Waals surface area contributed by atoms with Gasteiger partial charge in [0.2, 0.25) is 0 Å². The van der Waals surface area contributed by atoms with Gasteiger partial charge in [-0.05, 0) is 42.8 Å². The molecule has 5 nitrogen and oxygen atoms in total. The molecular formula is C23H21BrFNO4. The number of aromatic carboxylic acids is 1. The van der Waals surface area contributed by atoms with E-state index in [0.717, 1.165) is 10.0 Å². The molecule has 2 N–H and O–H groups in total. The second-order valence-corrected chi connectivity index (χ2v) is 7.43. The maximum Gasteiger partial charge on any atom is 0.336 e. The molecule has 0 radical (unpaired) electrons. The van der Waals surface area contributed by atoms with Crippen LogP contribution in [0.1, 0.15) is 27.0 Å². The molecule has 0 aromatic heterocycles. The number of anilines is 1. The third-order valence-electron chi connectivity index (χ3n) is 4.74. The van der Waals surface area contributed by atoms with Crippen LogP contribution in [0.15, 0.2) is 59.1 Å². The zero-order valence-corrected chi connectivity index (χ0v) is 18.1. The van der Waals surface area contributed by atoms with E-state index in [0.29, 0.717) is 34.9 Å². The largest absolute Gasteiger partial charge is 0.493 e. The summed E-state index contributed by atoms with van der Waals surface area (Å²) in [6, 6.07) is 15.1. The predicted octanol–water partition coefficient (Wildman–Crippen LogP) is 5.79. The third-order valence-corrected chi connectivity index (χ3v) is 5.48. The molecular weight excluding hydrogens is 453 g/mol. The van der Waals surface area contributed by atoms with Crippen LogP contribution < -0.4 is 14.8 Å². The third kappa shape index (κ3) is 4.74. The first-order valence-electron chi connectivity index (χ1n) is 9.20. The smallest absolute Gasteiger partial charge is 0.336 e. The first kappa shape index (κ1) is 21.6. The van der Waals surface area contributed by atoms with Crippen molar-refractivity contribution in [2.45, 2.75) is 20.1 Å². The highest BCUT2D eigenvalue weighted by atomic mass is 79.9. The van der Waals surface area contributed by atoms with E-state index in [1.54, 1.807) is 43.3 Å². The second-order valence-electron chi connectivity index (χ2n) is 6.57. The molecule has 3 aromatic carbocycles. The van der Waals surface area contributed by atoms with Gasteiger partial charge in [0.05, 0.1) is 12.7 Å². The maximum atomic E-state index is 14.0. The first-order chi connectivity index (χ1) is 14.4. The van der Waals surface area contributed by atoms with Crippen LogP contribution in [0.5, 0.6) is 11.5 Å².